The van der Waals surface area contributed by atoms with Crippen LogP contribution in [0.3, 0.4) is 0 Å². The van der Waals surface area contributed by atoms with E-state index in [1.54, 1.807) is 0 Å². The van der Waals surface area contributed by atoms with Crippen molar-refractivity contribution >= 4 is 5.96 Å². The molecule has 1 unspecified atom stereocenters. The van der Waals surface area contributed by atoms with Crippen molar-refractivity contribution in [3.05, 3.63) is 29.3 Å². The summed E-state index contributed by atoms with van der Waals surface area (Å²) in [5.74, 6) is 3.24. The lowest BCUT2D eigenvalue weighted by atomic mass is 10.1. The van der Waals surface area contributed by atoms with E-state index in [-0.39, 0.29) is 0 Å². The molecule has 1 saturated carbocycles. The monoisotopic (exact) mass is 386 g/mol. The minimum absolute atomic E-state index is 0.654. The van der Waals surface area contributed by atoms with Gasteiger partial charge in [0.2, 0.25) is 0 Å². The average molecular weight is 387 g/mol. The molecule has 1 aliphatic heterocycles. The topological polar surface area (TPSA) is 48.9 Å². The van der Waals surface area contributed by atoms with Crippen LogP contribution in [0.4, 0.5) is 0 Å². The molecule has 0 aromatic heterocycles. The van der Waals surface area contributed by atoms with Gasteiger partial charge >= 0.3 is 0 Å². The Morgan fingerprint density at radius 2 is 2.07 bits per heavy atom. The lowest BCUT2D eigenvalue weighted by molar-refractivity contribution is 0.286. The number of hydrogen-bond acceptors (Lipinski definition) is 3. The highest BCUT2D eigenvalue weighted by molar-refractivity contribution is 5.79. The second-order valence-electron chi connectivity index (χ2n) is 8.83. The molecule has 1 atom stereocenters. The Labute approximate surface area is 170 Å². The Morgan fingerprint density at radius 1 is 1.25 bits per heavy atom. The zero-order valence-electron chi connectivity index (χ0n) is 18.1. The maximum Gasteiger partial charge on any atom is 0.191 e. The molecule has 0 amide bonds. The van der Waals surface area contributed by atoms with Crippen LogP contribution in [0.5, 0.6) is 5.75 Å². The Bertz CT molecular complexity index is 654. The van der Waals surface area contributed by atoms with Crippen LogP contribution in [0.2, 0.25) is 0 Å². The van der Waals surface area contributed by atoms with Crippen molar-refractivity contribution in [2.75, 3.05) is 33.3 Å². The number of hydrogen-bond donors (Lipinski definition) is 2. The van der Waals surface area contributed by atoms with Gasteiger partial charge < -0.3 is 20.3 Å². The fourth-order valence-corrected chi connectivity index (χ4v) is 3.79. The lowest BCUT2D eigenvalue weighted by Gasteiger charge is -2.18. The van der Waals surface area contributed by atoms with Crippen LogP contribution >= 0.6 is 0 Å². The molecule has 5 heteroatoms. The molecule has 1 aliphatic carbocycles. The summed E-state index contributed by atoms with van der Waals surface area (Å²) in [5, 5.41) is 6.98. The zero-order chi connectivity index (χ0) is 19.9. The second-order valence-corrected chi connectivity index (χ2v) is 8.83. The summed E-state index contributed by atoms with van der Waals surface area (Å²) in [7, 11) is 1.84. The minimum Gasteiger partial charge on any atom is -0.493 e. The molecule has 5 nitrogen and oxygen atoms in total. The first-order valence-electron chi connectivity index (χ1n) is 11.0. The van der Waals surface area contributed by atoms with Crippen molar-refractivity contribution in [1.82, 2.24) is 15.5 Å². The fourth-order valence-electron chi connectivity index (χ4n) is 3.79. The number of nitrogens with one attached hydrogen (secondary N) is 2. The zero-order valence-corrected chi connectivity index (χ0v) is 18.1. The summed E-state index contributed by atoms with van der Waals surface area (Å²) < 4.78 is 6.07. The largest absolute Gasteiger partial charge is 0.493 e. The highest BCUT2D eigenvalue weighted by atomic mass is 16.5. The highest BCUT2D eigenvalue weighted by Gasteiger charge is 2.34. The van der Waals surface area contributed by atoms with Crippen molar-refractivity contribution in [3.8, 4) is 5.75 Å². The van der Waals surface area contributed by atoms with Gasteiger partial charge in [0, 0.05) is 38.3 Å². The standard InChI is InChI=1S/C23H38N4O/c1-17(2)10-12-28-22-13-18(3)5-6-20(22)15-26-23(24-4)25-14-19-9-11-27(16-19)21-7-8-21/h5-6,13,17,19,21H,7-12,14-16H2,1-4H3,(H2,24,25,26). The highest BCUT2D eigenvalue weighted by Crippen LogP contribution is 2.31. The van der Waals surface area contributed by atoms with Gasteiger partial charge in [-0.15, -0.1) is 0 Å². The van der Waals surface area contributed by atoms with Crippen LogP contribution < -0.4 is 15.4 Å². The maximum absolute atomic E-state index is 6.07. The number of benzene rings is 1. The number of nitrogens with zero attached hydrogens (tertiary/aromatic N) is 2. The lowest BCUT2D eigenvalue weighted by Crippen LogP contribution is -2.40. The second kappa shape index (κ2) is 10.1. The summed E-state index contributed by atoms with van der Waals surface area (Å²) in [5.41, 5.74) is 2.41. The average Bonchev–Trinajstić information content (AvgIpc) is 3.41. The molecule has 3 rings (SSSR count). The van der Waals surface area contributed by atoms with Gasteiger partial charge in [-0.1, -0.05) is 26.0 Å². The Kier molecular flexibility index (Phi) is 7.60. The van der Waals surface area contributed by atoms with Crippen molar-refractivity contribution in [1.29, 1.82) is 0 Å². The third-order valence-electron chi connectivity index (χ3n) is 5.78. The molecule has 28 heavy (non-hydrogen) atoms. The number of aliphatic imine (C=N–C) groups is 1. The van der Waals surface area contributed by atoms with E-state index in [2.05, 4.69) is 59.5 Å². The first-order chi connectivity index (χ1) is 13.5. The fraction of sp³-hybridized carbons (Fsp3) is 0.696. The van der Waals surface area contributed by atoms with Crippen molar-refractivity contribution in [2.24, 2.45) is 16.8 Å². The molecule has 1 saturated heterocycles. The van der Waals surface area contributed by atoms with E-state index in [1.807, 2.05) is 7.05 Å². The number of ether oxygens (including phenoxy) is 1. The number of rotatable bonds is 9. The molecule has 1 heterocycles. The summed E-state index contributed by atoms with van der Waals surface area (Å²) in [6.45, 7) is 11.5. The van der Waals surface area contributed by atoms with Crippen LogP contribution in [0.15, 0.2) is 23.2 Å². The molecule has 1 aromatic rings. The molecule has 2 fully saturated rings. The third kappa shape index (κ3) is 6.40. The normalized spacial score (nSPS) is 20.6. The first kappa shape index (κ1) is 21.0. The Hall–Kier alpha value is -1.75. The van der Waals surface area contributed by atoms with Crippen molar-refractivity contribution < 1.29 is 4.74 Å². The molecule has 0 bridgehead atoms. The van der Waals surface area contributed by atoms with Gasteiger partial charge in [-0.3, -0.25) is 4.99 Å². The smallest absolute Gasteiger partial charge is 0.191 e. The van der Waals surface area contributed by atoms with E-state index in [4.69, 9.17) is 4.74 Å². The van der Waals surface area contributed by atoms with E-state index in [0.29, 0.717) is 5.92 Å². The van der Waals surface area contributed by atoms with Gasteiger partial charge in [0.15, 0.2) is 5.96 Å². The summed E-state index contributed by atoms with van der Waals surface area (Å²) >= 11 is 0. The van der Waals surface area contributed by atoms with Crippen LogP contribution in [-0.2, 0) is 6.54 Å². The molecule has 2 N–H and O–H groups in total. The molecular formula is C23H38N4O. The quantitative estimate of drug-likeness (QED) is 0.503. The SMILES string of the molecule is CN=C(NCc1ccc(C)cc1OCCC(C)C)NCC1CCN(C2CC2)C1. The molecule has 0 spiro atoms. The van der Waals surface area contributed by atoms with E-state index >= 15 is 0 Å². The third-order valence-corrected chi connectivity index (χ3v) is 5.78. The van der Waals surface area contributed by atoms with Gasteiger partial charge in [0.05, 0.1) is 6.61 Å². The van der Waals surface area contributed by atoms with Gasteiger partial charge in [-0.05, 0) is 62.6 Å². The number of guanidine groups is 1. The van der Waals surface area contributed by atoms with E-state index < -0.39 is 0 Å². The molecule has 156 valence electrons. The number of likely N-dealkylation sites (tertiary alicyclic amines) is 1. The summed E-state index contributed by atoms with van der Waals surface area (Å²) in [6.07, 6.45) is 5.18. The Balaban J connectivity index is 1.46. The number of aryl methyl sites for hydroxylation is 1. The predicted molar refractivity (Wildman–Crippen MR) is 117 cm³/mol. The predicted octanol–water partition coefficient (Wildman–Crippen LogP) is 3.57. The van der Waals surface area contributed by atoms with Crippen LogP contribution in [-0.4, -0.2) is 50.2 Å². The van der Waals surface area contributed by atoms with Crippen LogP contribution in [0.1, 0.15) is 50.7 Å². The van der Waals surface area contributed by atoms with E-state index in [1.165, 1.54) is 43.5 Å². The molecule has 0 radical (unpaired) electrons. The Morgan fingerprint density at radius 3 is 2.79 bits per heavy atom. The molecule has 1 aromatic carbocycles. The van der Waals surface area contributed by atoms with Gasteiger partial charge in [0.25, 0.3) is 0 Å². The van der Waals surface area contributed by atoms with Crippen LogP contribution in [0, 0.1) is 18.8 Å². The maximum atomic E-state index is 6.07. The minimum atomic E-state index is 0.654. The van der Waals surface area contributed by atoms with E-state index in [9.17, 15) is 0 Å². The molecular weight excluding hydrogens is 348 g/mol. The van der Waals surface area contributed by atoms with E-state index in [0.717, 1.165) is 49.8 Å². The van der Waals surface area contributed by atoms with Gasteiger partial charge in [0.1, 0.15) is 5.75 Å². The van der Waals surface area contributed by atoms with Crippen LogP contribution in [0.25, 0.3) is 0 Å². The van der Waals surface area contributed by atoms with Crippen molar-refractivity contribution in [2.45, 2.75) is 59.0 Å². The van der Waals surface area contributed by atoms with Crippen molar-refractivity contribution in [3.63, 3.8) is 0 Å². The summed E-state index contributed by atoms with van der Waals surface area (Å²) in [6, 6.07) is 7.33. The molecule has 2 aliphatic rings. The summed E-state index contributed by atoms with van der Waals surface area (Å²) in [4.78, 5) is 7.07. The first-order valence-corrected chi connectivity index (χ1v) is 11.0. The van der Waals surface area contributed by atoms with Gasteiger partial charge in [-0.2, -0.15) is 0 Å². The van der Waals surface area contributed by atoms with Gasteiger partial charge in [-0.25, -0.2) is 0 Å².